The van der Waals surface area contributed by atoms with E-state index in [0.717, 1.165) is 11.1 Å². The molecule has 0 bridgehead atoms. The summed E-state index contributed by atoms with van der Waals surface area (Å²) in [5.74, 6) is 0.492. The van der Waals surface area contributed by atoms with E-state index in [2.05, 4.69) is 4.74 Å². The third-order valence-electron chi connectivity index (χ3n) is 1.73. The topological polar surface area (TPSA) is 26.3 Å². The highest BCUT2D eigenvalue weighted by atomic mass is 35.5. The van der Waals surface area contributed by atoms with Gasteiger partial charge < -0.3 is 4.74 Å². The molecule has 0 atom stereocenters. The van der Waals surface area contributed by atoms with E-state index in [0.29, 0.717) is 5.88 Å². The van der Waals surface area contributed by atoms with Crippen molar-refractivity contribution < 1.29 is 9.53 Å². The van der Waals surface area contributed by atoms with E-state index in [1.165, 1.54) is 0 Å². The smallest absolute Gasteiger partial charge is 0.404 e. The molecule has 0 heterocycles. The summed E-state index contributed by atoms with van der Waals surface area (Å²) in [6.45, 7) is 0.196. The first-order chi connectivity index (χ1) is 7.22. The number of ether oxygens (including phenoxy) is 1. The summed E-state index contributed by atoms with van der Waals surface area (Å²) < 4.78 is 4.64. The van der Waals surface area contributed by atoms with E-state index in [1.54, 1.807) is 0 Å². The van der Waals surface area contributed by atoms with Gasteiger partial charge in [0.15, 0.2) is 0 Å². The maximum atomic E-state index is 10.3. The molecule has 0 aromatic heterocycles. The second-order valence-corrected chi connectivity index (χ2v) is 3.44. The van der Waals surface area contributed by atoms with Gasteiger partial charge in [-0.3, -0.25) is 0 Å². The molecule has 0 aliphatic carbocycles. The van der Waals surface area contributed by atoms with Crippen LogP contribution in [0.15, 0.2) is 30.3 Å². The van der Waals surface area contributed by atoms with Crippen molar-refractivity contribution in [2.24, 2.45) is 0 Å². The van der Waals surface area contributed by atoms with Crippen molar-refractivity contribution in [2.75, 3.05) is 5.88 Å². The van der Waals surface area contributed by atoms with Crippen molar-refractivity contribution >= 4 is 34.7 Å². The predicted octanol–water partition coefficient (Wildman–Crippen LogP) is 3.81. The highest BCUT2D eigenvalue weighted by Crippen LogP contribution is 2.08. The number of rotatable bonds is 4. The van der Waals surface area contributed by atoms with Gasteiger partial charge in [-0.25, -0.2) is 4.79 Å². The maximum Gasteiger partial charge on any atom is 0.404 e. The number of hydrogen-bond donors (Lipinski definition) is 0. The van der Waals surface area contributed by atoms with E-state index in [4.69, 9.17) is 23.2 Å². The standard InChI is InChI=1S/C11H10Cl2O2/c12-7-1-2-9-3-5-10(6-4-9)8-15-11(13)14/h1-6H,7-8H2. The van der Waals surface area contributed by atoms with Crippen LogP contribution in [0.1, 0.15) is 11.1 Å². The van der Waals surface area contributed by atoms with Gasteiger partial charge in [-0.05, 0) is 11.1 Å². The van der Waals surface area contributed by atoms with Crippen molar-refractivity contribution in [2.45, 2.75) is 6.61 Å². The summed E-state index contributed by atoms with van der Waals surface area (Å²) in [6.07, 6.45) is 3.78. The Morgan fingerprint density at radius 3 is 2.53 bits per heavy atom. The van der Waals surface area contributed by atoms with Gasteiger partial charge in [0.1, 0.15) is 6.61 Å². The van der Waals surface area contributed by atoms with E-state index in [-0.39, 0.29) is 6.61 Å². The molecule has 0 spiro atoms. The first kappa shape index (κ1) is 12.1. The lowest BCUT2D eigenvalue weighted by Crippen LogP contribution is -1.94. The number of carbonyl (C=O) groups excluding carboxylic acids is 1. The molecule has 0 radical (unpaired) electrons. The molecule has 0 saturated carbocycles. The monoisotopic (exact) mass is 244 g/mol. The summed E-state index contributed by atoms with van der Waals surface area (Å²) in [4.78, 5) is 10.3. The van der Waals surface area contributed by atoms with Gasteiger partial charge in [-0.1, -0.05) is 36.4 Å². The minimum Gasteiger partial charge on any atom is -0.449 e. The minimum atomic E-state index is -0.791. The van der Waals surface area contributed by atoms with Crippen LogP contribution in [-0.2, 0) is 11.3 Å². The molecule has 0 saturated heterocycles. The first-order valence-electron chi connectivity index (χ1n) is 4.36. The van der Waals surface area contributed by atoms with Gasteiger partial charge in [-0.2, -0.15) is 0 Å². The molecule has 1 aromatic rings. The van der Waals surface area contributed by atoms with Crippen molar-refractivity contribution in [3.63, 3.8) is 0 Å². The Morgan fingerprint density at radius 1 is 1.33 bits per heavy atom. The minimum absolute atomic E-state index is 0.196. The van der Waals surface area contributed by atoms with Crippen molar-refractivity contribution in [1.82, 2.24) is 0 Å². The molecule has 2 nitrogen and oxygen atoms in total. The lowest BCUT2D eigenvalue weighted by Gasteiger charge is -2.01. The molecule has 0 unspecified atom stereocenters. The summed E-state index contributed by atoms with van der Waals surface area (Å²) in [5.41, 5.74) is 1.16. The molecule has 4 heteroatoms. The molecular weight excluding hydrogens is 235 g/mol. The number of allylic oxidation sites excluding steroid dienone is 1. The summed E-state index contributed by atoms with van der Waals surface area (Å²) in [5, 5.41) is 0. The zero-order valence-corrected chi connectivity index (χ0v) is 9.46. The van der Waals surface area contributed by atoms with Crippen LogP contribution in [0.5, 0.6) is 0 Å². The van der Waals surface area contributed by atoms with E-state index in [1.807, 2.05) is 36.4 Å². The van der Waals surface area contributed by atoms with Crippen LogP contribution in [-0.4, -0.2) is 11.3 Å². The van der Waals surface area contributed by atoms with Crippen LogP contribution in [0, 0.1) is 0 Å². The molecule has 0 N–H and O–H groups in total. The fraction of sp³-hybridized carbons (Fsp3) is 0.182. The lowest BCUT2D eigenvalue weighted by atomic mass is 10.1. The Hall–Kier alpha value is -0.990. The van der Waals surface area contributed by atoms with Crippen molar-refractivity contribution in [3.8, 4) is 0 Å². The highest BCUT2D eigenvalue weighted by Gasteiger charge is 1.97. The normalized spacial score (nSPS) is 10.5. The summed E-state index contributed by atoms with van der Waals surface area (Å²) in [7, 11) is 0. The average Bonchev–Trinajstić information content (AvgIpc) is 2.25. The second kappa shape index (κ2) is 6.49. The fourth-order valence-corrected chi connectivity index (χ4v) is 1.19. The van der Waals surface area contributed by atoms with Gasteiger partial charge >= 0.3 is 5.43 Å². The quantitative estimate of drug-likeness (QED) is 0.595. The van der Waals surface area contributed by atoms with E-state index >= 15 is 0 Å². The largest absolute Gasteiger partial charge is 0.449 e. The van der Waals surface area contributed by atoms with E-state index in [9.17, 15) is 4.79 Å². The van der Waals surface area contributed by atoms with E-state index < -0.39 is 5.43 Å². The SMILES string of the molecule is O=C(Cl)OCc1ccc(C=CCCl)cc1. The third kappa shape index (κ3) is 4.86. The Kier molecular flexibility index (Phi) is 5.22. The van der Waals surface area contributed by atoms with Gasteiger partial charge in [0.05, 0.1) is 0 Å². The molecule has 15 heavy (non-hydrogen) atoms. The maximum absolute atomic E-state index is 10.3. The first-order valence-corrected chi connectivity index (χ1v) is 5.27. The Bertz CT molecular complexity index is 344. The molecule has 0 aliphatic heterocycles. The van der Waals surface area contributed by atoms with Gasteiger partial charge in [0.2, 0.25) is 0 Å². The molecule has 1 rings (SSSR count). The van der Waals surface area contributed by atoms with Crippen molar-refractivity contribution in [3.05, 3.63) is 41.5 Å². The number of halogens is 2. The molecule has 0 fully saturated rings. The number of carbonyl (C=O) groups is 1. The average molecular weight is 245 g/mol. The van der Waals surface area contributed by atoms with Gasteiger partial charge in [0.25, 0.3) is 0 Å². The van der Waals surface area contributed by atoms with Crippen LogP contribution in [0.25, 0.3) is 6.08 Å². The van der Waals surface area contributed by atoms with Crippen LogP contribution >= 0.6 is 23.2 Å². The molecular formula is C11H10Cl2O2. The summed E-state index contributed by atoms with van der Waals surface area (Å²) in [6, 6.07) is 7.57. The molecule has 0 amide bonds. The number of benzene rings is 1. The third-order valence-corrected chi connectivity index (χ3v) is 2.02. The zero-order chi connectivity index (χ0) is 11.1. The number of alkyl halides is 1. The van der Waals surface area contributed by atoms with Crippen LogP contribution in [0.4, 0.5) is 4.79 Å². The van der Waals surface area contributed by atoms with Crippen LogP contribution in [0.3, 0.4) is 0 Å². The highest BCUT2D eigenvalue weighted by molar-refractivity contribution is 6.61. The molecule has 1 aromatic carbocycles. The predicted molar refractivity (Wildman–Crippen MR) is 62.2 cm³/mol. The second-order valence-electron chi connectivity index (χ2n) is 2.82. The summed E-state index contributed by atoms with van der Waals surface area (Å²) >= 11 is 10.5. The van der Waals surface area contributed by atoms with Crippen molar-refractivity contribution in [1.29, 1.82) is 0 Å². The van der Waals surface area contributed by atoms with Gasteiger partial charge in [0, 0.05) is 17.5 Å². The van der Waals surface area contributed by atoms with Gasteiger partial charge in [-0.15, -0.1) is 11.6 Å². The lowest BCUT2D eigenvalue weighted by molar-refractivity contribution is 0.167. The van der Waals surface area contributed by atoms with Crippen LogP contribution < -0.4 is 0 Å². The Labute approximate surface area is 98.4 Å². The van der Waals surface area contributed by atoms with Crippen LogP contribution in [0.2, 0.25) is 0 Å². The zero-order valence-electron chi connectivity index (χ0n) is 7.95. The number of hydrogen-bond acceptors (Lipinski definition) is 2. The molecule has 0 aliphatic rings. The Morgan fingerprint density at radius 2 is 2.00 bits per heavy atom. The Balaban J connectivity index is 2.56. The molecule has 80 valence electrons. The fourth-order valence-electron chi connectivity index (χ4n) is 1.05.